The van der Waals surface area contributed by atoms with E-state index in [1.54, 1.807) is 7.11 Å². The second-order valence-corrected chi connectivity index (χ2v) is 11.0. The number of amides is 2. The quantitative estimate of drug-likeness (QED) is 0.400. The molecule has 2 atom stereocenters. The first kappa shape index (κ1) is 29.9. The molecule has 0 radical (unpaired) electrons. The molecule has 0 bridgehead atoms. The van der Waals surface area contributed by atoms with Crippen molar-refractivity contribution in [1.29, 1.82) is 0 Å². The van der Waals surface area contributed by atoms with Crippen LogP contribution < -0.4 is 20.3 Å². The molecule has 10 heteroatoms. The molecule has 218 valence electrons. The Kier molecular flexibility index (Phi) is 9.41. The summed E-state index contributed by atoms with van der Waals surface area (Å²) in [6.07, 6.45) is -1.12. The van der Waals surface area contributed by atoms with E-state index in [9.17, 15) is 22.8 Å². The fraction of sp³-hybridized carbons (Fsp3) is 0.533. The van der Waals surface area contributed by atoms with E-state index in [1.807, 2.05) is 30.3 Å². The average molecular weight is 562 g/mol. The molecular formula is C30H38F3N3O4. The summed E-state index contributed by atoms with van der Waals surface area (Å²) in [6.45, 7) is 5.07. The third-order valence-electron chi connectivity index (χ3n) is 7.63. The van der Waals surface area contributed by atoms with E-state index in [0.29, 0.717) is 26.0 Å². The molecule has 0 spiro atoms. The van der Waals surface area contributed by atoms with Gasteiger partial charge in [0.15, 0.2) is 5.60 Å². The van der Waals surface area contributed by atoms with Gasteiger partial charge in [-0.1, -0.05) is 30.3 Å². The molecule has 7 nitrogen and oxygen atoms in total. The van der Waals surface area contributed by atoms with Crippen molar-refractivity contribution < 1.29 is 32.2 Å². The minimum atomic E-state index is -4.79. The van der Waals surface area contributed by atoms with E-state index in [2.05, 4.69) is 10.6 Å². The van der Waals surface area contributed by atoms with E-state index in [4.69, 9.17) is 9.47 Å². The van der Waals surface area contributed by atoms with Crippen molar-refractivity contribution in [3.05, 3.63) is 59.2 Å². The number of piperidine rings is 1. The molecule has 0 aliphatic carbocycles. The molecule has 0 unspecified atom stereocenters. The van der Waals surface area contributed by atoms with Crippen molar-refractivity contribution in [3.8, 4) is 5.75 Å². The summed E-state index contributed by atoms with van der Waals surface area (Å²) in [5.41, 5.74) is -1.60. The van der Waals surface area contributed by atoms with Crippen LogP contribution in [0.15, 0.2) is 42.5 Å². The summed E-state index contributed by atoms with van der Waals surface area (Å²) in [5, 5.41) is 6.13. The lowest BCUT2D eigenvalue weighted by molar-refractivity contribution is -0.138. The lowest BCUT2D eigenvalue weighted by Crippen LogP contribution is -2.53. The SMILES string of the molecule is COCCCCN1C(=O)C(C)(C)Oc2cc(C(F)(F)F)c(C(=O)N[C@H]3CNCC[C@H]3CCc3ccccc3)cc21. The number of alkyl halides is 3. The maximum Gasteiger partial charge on any atom is 0.417 e. The topological polar surface area (TPSA) is 79.9 Å². The first-order valence-electron chi connectivity index (χ1n) is 13.8. The molecule has 2 aromatic rings. The number of carbonyl (C=O) groups is 2. The lowest BCUT2D eigenvalue weighted by Gasteiger charge is -2.39. The largest absolute Gasteiger partial charge is 0.476 e. The van der Waals surface area contributed by atoms with Gasteiger partial charge in [-0.15, -0.1) is 0 Å². The average Bonchev–Trinajstić information content (AvgIpc) is 2.91. The summed E-state index contributed by atoms with van der Waals surface area (Å²) in [5.74, 6) is -1.15. The number of fused-ring (bicyclic) bond motifs is 1. The van der Waals surface area contributed by atoms with Crippen LogP contribution in [-0.4, -0.2) is 56.8 Å². The van der Waals surface area contributed by atoms with Crippen LogP contribution in [0.5, 0.6) is 5.75 Å². The molecule has 2 amide bonds. The smallest absolute Gasteiger partial charge is 0.417 e. The molecule has 1 fully saturated rings. The van der Waals surface area contributed by atoms with Gasteiger partial charge in [-0.3, -0.25) is 9.59 Å². The summed E-state index contributed by atoms with van der Waals surface area (Å²) in [4.78, 5) is 28.2. The van der Waals surface area contributed by atoms with Gasteiger partial charge < -0.3 is 25.0 Å². The Morgan fingerprint density at radius 1 is 1.20 bits per heavy atom. The molecule has 2 N–H and O–H groups in total. The number of anilines is 1. The van der Waals surface area contributed by atoms with Crippen molar-refractivity contribution in [1.82, 2.24) is 10.6 Å². The predicted molar refractivity (Wildman–Crippen MR) is 147 cm³/mol. The van der Waals surface area contributed by atoms with Crippen LogP contribution in [0.3, 0.4) is 0 Å². The highest BCUT2D eigenvalue weighted by molar-refractivity contribution is 6.05. The molecule has 2 heterocycles. The second kappa shape index (κ2) is 12.6. The van der Waals surface area contributed by atoms with Crippen LogP contribution in [0.4, 0.5) is 18.9 Å². The number of aryl methyl sites for hydroxylation is 1. The molecule has 0 saturated carbocycles. The zero-order chi connectivity index (χ0) is 28.9. The molecule has 2 aliphatic heterocycles. The molecule has 1 saturated heterocycles. The fourth-order valence-corrected chi connectivity index (χ4v) is 5.44. The monoisotopic (exact) mass is 561 g/mol. The molecule has 0 aromatic heterocycles. The Bertz CT molecular complexity index is 1190. The summed E-state index contributed by atoms with van der Waals surface area (Å²) in [6, 6.07) is 11.7. The van der Waals surface area contributed by atoms with Crippen LogP contribution in [0.1, 0.15) is 61.0 Å². The van der Waals surface area contributed by atoms with Gasteiger partial charge in [0, 0.05) is 32.8 Å². The number of methoxy groups -OCH3 is 1. The number of unbranched alkanes of at least 4 members (excludes halogenated alkanes) is 1. The Labute approximate surface area is 233 Å². The maximum absolute atomic E-state index is 14.3. The zero-order valence-electron chi connectivity index (χ0n) is 23.3. The highest BCUT2D eigenvalue weighted by Gasteiger charge is 2.44. The van der Waals surface area contributed by atoms with Gasteiger partial charge >= 0.3 is 6.18 Å². The fourth-order valence-electron chi connectivity index (χ4n) is 5.44. The number of benzene rings is 2. The van der Waals surface area contributed by atoms with Crippen LogP contribution in [0.2, 0.25) is 0 Å². The summed E-state index contributed by atoms with van der Waals surface area (Å²) < 4.78 is 53.6. The zero-order valence-corrected chi connectivity index (χ0v) is 23.3. The van der Waals surface area contributed by atoms with Crippen LogP contribution in [0.25, 0.3) is 0 Å². The minimum absolute atomic E-state index is 0.0692. The Morgan fingerprint density at radius 2 is 1.95 bits per heavy atom. The van der Waals surface area contributed by atoms with Gasteiger partial charge in [0.1, 0.15) is 5.75 Å². The van der Waals surface area contributed by atoms with Crippen molar-refractivity contribution >= 4 is 17.5 Å². The molecule has 4 rings (SSSR count). The molecule has 40 heavy (non-hydrogen) atoms. The minimum Gasteiger partial charge on any atom is -0.476 e. The van der Waals surface area contributed by atoms with E-state index >= 15 is 0 Å². The highest BCUT2D eigenvalue weighted by Crippen LogP contribution is 2.44. The van der Waals surface area contributed by atoms with Crippen molar-refractivity contribution in [2.75, 3.05) is 38.3 Å². The maximum atomic E-state index is 14.3. The van der Waals surface area contributed by atoms with E-state index in [-0.39, 0.29) is 35.8 Å². The van der Waals surface area contributed by atoms with Crippen molar-refractivity contribution in [3.63, 3.8) is 0 Å². The number of rotatable bonds is 10. The molecule has 2 aliphatic rings. The molecule has 2 aromatic carbocycles. The van der Waals surface area contributed by atoms with Gasteiger partial charge in [-0.2, -0.15) is 13.2 Å². The van der Waals surface area contributed by atoms with Gasteiger partial charge in [0.2, 0.25) is 0 Å². The number of halogens is 3. The lowest BCUT2D eigenvalue weighted by atomic mass is 9.87. The Hall–Kier alpha value is -3.11. The Balaban J connectivity index is 1.61. The number of hydrogen-bond acceptors (Lipinski definition) is 5. The molecular weight excluding hydrogens is 523 g/mol. The number of carbonyl (C=O) groups excluding carboxylic acids is 2. The second-order valence-electron chi connectivity index (χ2n) is 11.0. The predicted octanol–water partition coefficient (Wildman–Crippen LogP) is 4.98. The normalized spacial score (nSPS) is 20.6. The number of nitrogens with zero attached hydrogens (tertiary/aromatic N) is 1. The first-order valence-corrected chi connectivity index (χ1v) is 13.8. The van der Waals surface area contributed by atoms with E-state index in [0.717, 1.165) is 37.9 Å². The number of nitrogens with one attached hydrogen (secondary N) is 2. The van der Waals surface area contributed by atoms with Gasteiger partial charge in [-0.05, 0) is 76.1 Å². The van der Waals surface area contributed by atoms with E-state index in [1.165, 1.54) is 24.3 Å². The number of hydrogen-bond donors (Lipinski definition) is 2. The van der Waals surface area contributed by atoms with Gasteiger partial charge in [0.25, 0.3) is 11.8 Å². The van der Waals surface area contributed by atoms with Crippen molar-refractivity contribution in [2.24, 2.45) is 5.92 Å². The highest BCUT2D eigenvalue weighted by atomic mass is 19.4. The van der Waals surface area contributed by atoms with Gasteiger partial charge in [-0.25, -0.2) is 0 Å². The van der Waals surface area contributed by atoms with Crippen LogP contribution in [-0.2, 0) is 22.1 Å². The van der Waals surface area contributed by atoms with Crippen molar-refractivity contribution in [2.45, 2.75) is 63.8 Å². The third kappa shape index (κ3) is 6.96. The van der Waals surface area contributed by atoms with Gasteiger partial charge in [0.05, 0.1) is 16.8 Å². The van der Waals surface area contributed by atoms with E-state index < -0.39 is 28.8 Å². The summed E-state index contributed by atoms with van der Waals surface area (Å²) in [7, 11) is 1.58. The third-order valence-corrected chi connectivity index (χ3v) is 7.63. The standard InChI is InChI=1S/C30H38F3N3O4/c1-29(2)28(38)36(15-7-8-16-39-3)25-17-22(23(30(31,32)33)18-26(25)40-29)27(37)35-24-19-34-14-13-21(24)12-11-20-9-5-4-6-10-20/h4-6,9-10,17-18,21,24,34H,7-8,11-16,19H2,1-3H3,(H,35,37)/t21-,24+/m1/s1. The summed E-state index contributed by atoms with van der Waals surface area (Å²) >= 11 is 0. The van der Waals surface area contributed by atoms with Crippen LogP contribution >= 0.6 is 0 Å². The Morgan fingerprint density at radius 3 is 2.65 bits per heavy atom. The number of ether oxygens (including phenoxy) is 2. The first-order chi connectivity index (χ1) is 19.0. The van der Waals surface area contributed by atoms with Crippen LogP contribution in [0, 0.1) is 5.92 Å².